The van der Waals surface area contributed by atoms with Gasteiger partial charge in [0.25, 0.3) is 0 Å². The average Bonchev–Trinajstić information content (AvgIpc) is 2.67. The van der Waals surface area contributed by atoms with Crippen molar-refractivity contribution in [2.24, 2.45) is 0 Å². The molecule has 6 heteroatoms. The molecule has 1 heterocycles. The van der Waals surface area contributed by atoms with Crippen molar-refractivity contribution < 1.29 is 18.3 Å². The quantitative estimate of drug-likeness (QED) is 0.636. The minimum Gasteiger partial charge on any atom is -0.497 e. The van der Waals surface area contributed by atoms with E-state index in [1.165, 1.54) is 5.56 Å². The molecule has 1 unspecified atom stereocenters. The van der Waals surface area contributed by atoms with Crippen LogP contribution in [0.25, 0.3) is 0 Å². The van der Waals surface area contributed by atoms with E-state index in [0.29, 0.717) is 13.2 Å². The Morgan fingerprint density at radius 1 is 1.04 bits per heavy atom. The van der Waals surface area contributed by atoms with Gasteiger partial charge in [-0.2, -0.15) is 0 Å². The summed E-state index contributed by atoms with van der Waals surface area (Å²) in [4.78, 5) is 2.13. The molecule has 0 radical (unpaired) electrons. The second-order valence-electron chi connectivity index (χ2n) is 6.09. The van der Waals surface area contributed by atoms with Crippen molar-refractivity contribution in [3.05, 3.63) is 59.7 Å². The molecule has 2 aromatic carbocycles. The third kappa shape index (κ3) is 3.66. The summed E-state index contributed by atoms with van der Waals surface area (Å²) in [6, 6.07) is 15.9. The number of hydrogen-bond acceptors (Lipinski definition) is 5. The van der Waals surface area contributed by atoms with Gasteiger partial charge in [-0.05, 0) is 55.7 Å². The largest absolute Gasteiger partial charge is 0.497 e. The van der Waals surface area contributed by atoms with Crippen LogP contribution in [0.3, 0.4) is 0 Å². The molecule has 0 fully saturated rings. The first-order valence-electron chi connectivity index (χ1n) is 9.00. The molecule has 1 atom stereocenters. The van der Waals surface area contributed by atoms with E-state index in [4.69, 9.17) is 13.8 Å². The van der Waals surface area contributed by atoms with E-state index in [2.05, 4.69) is 11.0 Å². The van der Waals surface area contributed by atoms with Gasteiger partial charge in [0.1, 0.15) is 5.75 Å². The third-order valence-corrected chi connectivity index (χ3v) is 6.96. The molecule has 0 saturated carbocycles. The second kappa shape index (κ2) is 8.26. The first-order valence-corrected chi connectivity index (χ1v) is 10.6. The molecule has 0 aromatic heterocycles. The van der Waals surface area contributed by atoms with Gasteiger partial charge in [0.2, 0.25) is 0 Å². The summed E-state index contributed by atoms with van der Waals surface area (Å²) in [5, 5.41) is 0. The Hall–Kier alpha value is -1.81. The molecule has 2 aromatic rings. The molecule has 0 bridgehead atoms. The number of benzene rings is 2. The topological polar surface area (TPSA) is 48.0 Å². The van der Waals surface area contributed by atoms with Crippen molar-refractivity contribution in [3.8, 4) is 5.75 Å². The van der Waals surface area contributed by atoms with Gasteiger partial charge in [0, 0.05) is 12.2 Å². The fourth-order valence-electron chi connectivity index (χ4n) is 3.47. The minimum absolute atomic E-state index is 0.340. The normalized spacial score (nSPS) is 17.0. The molecule has 140 valence electrons. The highest BCUT2D eigenvalue weighted by atomic mass is 31.2. The summed E-state index contributed by atoms with van der Waals surface area (Å²) in [5.41, 5.74) is 3.19. The van der Waals surface area contributed by atoms with Gasteiger partial charge < -0.3 is 18.7 Å². The van der Waals surface area contributed by atoms with E-state index in [9.17, 15) is 4.57 Å². The summed E-state index contributed by atoms with van der Waals surface area (Å²) < 4.78 is 30.4. The van der Waals surface area contributed by atoms with Crippen LogP contribution >= 0.6 is 7.60 Å². The SMILES string of the molecule is CCOP(=O)(OCC)C1c2ccccc2CCN1c1ccc(OC)cc1. The Morgan fingerprint density at radius 3 is 2.31 bits per heavy atom. The van der Waals surface area contributed by atoms with Gasteiger partial charge >= 0.3 is 7.60 Å². The van der Waals surface area contributed by atoms with Gasteiger partial charge in [-0.25, -0.2) is 0 Å². The van der Waals surface area contributed by atoms with Crippen LogP contribution in [0, 0.1) is 0 Å². The molecule has 1 aliphatic rings. The highest BCUT2D eigenvalue weighted by Crippen LogP contribution is 2.64. The van der Waals surface area contributed by atoms with Crippen LogP contribution in [0.5, 0.6) is 5.75 Å². The van der Waals surface area contributed by atoms with Crippen molar-refractivity contribution in [1.82, 2.24) is 0 Å². The number of anilines is 1. The molecule has 26 heavy (non-hydrogen) atoms. The lowest BCUT2D eigenvalue weighted by Gasteiger charge is -2.41. The molecule has 3 rings (SSSR count). The van der Waals surface area contributed by atoms with E-state index < -0.39 is 13.4 Å². The van der Waals surface area contributed by atoms with E-state index >= 15 is 0 Å². The minimum atomic E-state index is -3.37. The molecule has 0 amide bonds. The van der Waals surface area contributed by atoms with E-state index in [1.807, 2.05) is 56.3 Å². The highest BCUT2D eigenvalue weighted by molar-refractivity contribution is 7.54. The van der Waals surface area contributed by atoms with Gasteiger partial charge in [-0.3, -0.25) is 4.57 Å². The smallest absolute Gasteiger partial charge is 0.357 e. The van der Waals surface area contributed by atoms with Crippen molar-refractivity contribution in [2.75, 3.05) is 31.8 Å². The summed E-state index contributed by atoms with van der Waals surface area (Å²) in [5.74, 6) is 0.334. The summed E-state index contributed by atoms with van der Waals surface area (Å²) in [7, 11) is -1.73. The lowest BCUT2D eigenvalue weighted by Crippen LogP contribution is -2.36. The maximum absolute atomic E-state index is 13.7. The Balaban J connectivity index is 2.09. The number of rotatable bonds is 7. The van der Waals surface area contributed by atoms with Crippen LogP contribution < -0.4 is 9.64 Å². The molecule has 5 nitrogen and oxygen atoms in total. The van der Waals surface area contributed by atoms with Crippen LogP contribution in [0.4, 0.5) is 5.69 Å². The fourth-order valence-corrected chi connectivity index (χ4v) is 5.73. The summed E-state index contributed by atoms with van der Waals surface area (Å²) in [6.07, 6.45) is 0.886. The van der Waals surface area contributed by atoms with Crippen molar-refractivity contribution in [2.45, 2.75) is 26.1 Å². The third-order valence-electron chi connectivity index (χ3n) is 4.57. The Labute approximate surface area is 155 Å². The molecule has 0 aliphatic carbocycles. The number of fused-ring (bicyclic) bond motifs is 1. The predicted octanol–water partition coefficient (Wildman–Crippen LogP) is 5.02. The van der Waals surface area contributed by atoms with Gasteiger partial charge in [0.15, 0.2) is 5.78 Å². The average molecular weight is 375 g/mol. The number of ether oxygens (including phenoxy) is 1. The lowest BCUT2D eigenvalue weighted by atomic mass is 9.99. The first kappa shape index (κ1) is 19.0. The van der Waals surface area contributed by atoms with Crippen LogP contribution in [-0.4, -0.2) is 26.9 Å². The number of hydrogen-bond donors (Lipinski definition) is 0. The Morgan fingerprint density at radius 2 is 1.69 bits per heavy atom. The molecule has 0 N–H and O–H groups in total. The highest BCUT2D eigenvalue weighted by Gasteiger charge is 2.44. The monoisotopic (exact) mass is 375 g/mol. The summed E-state index contributed by atoms with van der Waals surface area (Å²) in [6.45, 7) is 5.12. The molecular formula is C20H26NO4P. The standard InChI is InChI=1S/C20H26NO4P/c1-4-24-26(22,25-5-2)20-19-9-7-6-8-16(19)14-15-21(20)17-10-12-18(23-3)13-11-17/h6-13,20H,4-5,14-15H2,1-3H3. The Kier molecular flexibility index (Phi) is 6.02. The van der Waals surface area contributed by atoms with E-state index in [0.717, 1.165) is 30.0 Å². The van der Waals surface area contributed by atoms with Gasteiger partial charge in [-0.1, -0.05) is 24.3 Å². The van der Waals surface area contributed by atoms with Crippen LogP contribution in [-0.2, 0) is 20.0 Å². The maximum atomic E-state index is 13.7. The lowest BCUT2D eigenvalue weighted by molar-refractivity contribution is 0.210. The van der Waals surface area contributed by atoms with Crippen molar-refractivity contribution >= 4 is 13.3 Å². The number of nitrogens with zero attached hydrogens (tertiary/aromatic N) is 1. The molecule has 0 spiro atoms. The first-order chi connectivity index (χ1) is 12.6. The zero-order valence-corrected chi connectivity index (χ0v) is 16.4. The van der Waals surface area contributed by atoms with Crippen LogP contribution in [0.15, 0.2) is 48.5 Å². The van der Waals surface area contributed by atoms with Gasteiger partial charge in [0.05, 0.1) is 20.3 Å². The van der Waals surface area contributed by atoms with Crippen molar-refractivity contribution in [1.29, 1.82) is 0 Å². The zero-order valence-electron chi connectivity index (χ0n) is 15.6. The second-order valence-corrected chi connectivity index (χ2v) is 8.17. The fraction of sp³-hybridized carbons (Fsp3) is 0.400. The molecular weight excluding hydrogens is 349 g/mol. The summed E-state index contributed by atoms with van der Waals surface area (Å²) >= 11 is 0. The number of methoxy groups -OCH3 is 1. The van der Waals surface area contributed by atoms with E-state index in [1.54, 1.807) is 7.11 Å². The maximum Gasteiger partial charge on any atom is 0.357 e. The van der Waals surface area contributed by atoms with Crippen molar-refractivity contribution in [3.63, 3.8) is 0 Å². The molecule has 0 saturated heterocycles. The van der Waals surface area contributed by atoms with Gasteiger partial charge in [-0.15, -0.1) is 0 Å². The molecule has 1 aliphatic heterocycles. The predicted molar refractivity (Wildman–Crippen MR) is 104 cm³/mol. The van der Waals surface area contributed by atoms with Crippen LogP contribution in [0.2, 0.25) is 0 Å². The zero-order chi connectivity index (χ0) is 18.6. The van der Waals surface area contributed by atoms with E-state index in [-0.39, 0.29) is 0 Å². The Bertz CT molecular complexity index is 768. The van der Waals surface area contributed by atoms with Crippen LogP contribution in [0.1, 0.15) is 30.8 Å².